The number of thiazole rings is 1. The fourth-order valence-electron chi connectivity index (χ4n) is 1.74. The fraction of sp³-hybridized carbons (Fsp3) is 0.714. The minimum Gasteiger partial charge on any atom is -0.356 e. The Balaban J connectivity index is 0.00000361. The Morgan fingerprint density at radius 1 is 1.40 bits per heavy atom. The molecule has 0 fully saturated rings. The minimum atomic E-state index is 0. The summed E-state index contributed by atoms with van der Waals surface area (Å²) < 4.78 is 0. The number of guanidine groups is 1. The van der Waals surface area contributed by atoms with Crippen LogP contribution in [0.2, 0.25) is 0 Å². The van der Waals surface area contributed by atoms with Gasteiger partial charge in [-0.05, 0) is 26.7 Å². The van der Waals surface area contributed by atoms with Crippen molar-refractivity contribution in [1.29, 1.82) is 0 Å². The molecule has 0 radical (unpaired) electrons. The van der Waals surface area contributed by atoms with Crippen molar-refractivity contribution in [2.45, 2.75) is 53.0 Å². The Morgan fingerprint density at radius 3 is 2.60 bits per heavy atom. The monoisotopic (exact) mass is 410 g/mol. The van der Waals surface area contributed by atoms with Crippen molar-refractivity contribution < 1.29 is 0 Å². The van der Waals surface area contributed by atoms with Gasteiger partial charge in [0.05, 0.1) is 10.7 Å². The Kier molecular flexibility index (Phi) is 10.2. The SMILES string of the molecule is CCc1nc(CCNC(=NC)NC(C)CC)sc1C.I. The molecule has 0 saturated heterocycles. The van der Waals surface area contributed by atoms with Gasteiger partial charge in [0, 0.05) is 30.9 Å². The third kappa shape index (κ3) is 6.39. The number of nitrogens with one attached hydrogen (secondary N) is 2. The van der Waals surface area contributed by atoms with Crippen LogP contribution in [-0.4, -0.2) is 30.6 Å². The highest BCUT2D eigenvalue weighted by Crippen LogP contribution is 2.17. The maximum Gasteiger partial charge on any atom is 0.191 e. The Bertz CT molecular complexity index is 417. The lowest BCUT2D eigenvalue weighted by molar-refractivity contribution is 0.624. The van der Waals surface area contributed by atoms with E-state index in [0.717, 1.165) is 31.8 Å². The highest BCUT2D eigenvalue weighted by Gasteiger charge is 2.06. The van der Waals surface area contributed by atoms with E-state index in [-0.39, 0.29) is 24.0 Å². The molecular formula is C14H27IN4S. The normalized spacial score (nSPS) is 12.8. The molecule has 4 nitrogen and oxygen atoms in total. The number of hydrogen-bond donors (Lipinski definition) is 2. The second-order valence-corrected chi connectivity index (χ2v) is 5.95. The minimum absolute atomic E-state index is 0. The highest BCUT2D eigenvalue weighted by molar-refractivity contribution is 14.0. The number of aromatic nitrogens is 1. The van der Waals surface area contributed by atoms with Crippen molar-refractivity contribution in [1.82, 2.24) is 15.6 Å². The molecule has 0 amide bonds. The van der Waals surface area contributed by atoms with Gasteiger partial charge in [-0.25, -0.2) is 4.98 Å². The van der Waals surface area contributed by atoms with E-state index in [2.05, 4.69) is 48.3 Å². The van der Waals surface area contributed by atoms with E-state index >= 15 is 0 Å². The van der Waals surface area contributed by atoms with Crippen LogP contribution >= 0.6 is 35.3 Å². The molecule has 0 aliphatic rings. The lowest BCUT2D eigenvalue weighted by Gasteiger charge is -2.15. The van der Waals surface area contributed by atoms with Gasteiger partial charge in [0.2, 0.25) is 0 Å². The van der Waals surface area contributed by atoms with E-state index in [1.807, 2.05) is 0 Å². The molecule has 0 bridgehead atoms. The van der Waals surface area contributed by atoms with E-state index < -0.39 is 0 Å². The van der Waals surface area contributed by atoms with E-state index in [1.165, 1.54) is 15.6 Å². The molecule has 0 aliphatic carbocycles. The Hall–Kier alpha value is -0.370. The maximum absolute atomic E-state index is 4.65. The third-order valence-electron chi connectivity index (χ3n) is 3.12. The van der Waals surface area contributed by atoms with Gasteiger partial charge in [0.15, 0.2) is 5.96 Å². The number of halogens is 1. The van der Waals surface area contributed by atoms with Gasteiger partial charge >= 0.3 is 0 Å². The predicted molar refractivity (Wildman–Crippen MR) is 99.6 cm³/mol. The first-order chi connectivity index (χ1) is 9.10. The predicted octanol–water partition coefficient (Wildman–Crippen LogP) is 3.14. The summed E-state index contributed by atoms with van der Waals surface area (Å²) in [6.07, 6.45) is 3.06. The van der Waals surface area contributed by atoms with Crippen LogP contribution in [0.15, 0.2) is 4.99 Å². The van der Waals surface area contributed by atoms with Gasteiger partial charge in [0.1, 0.15) is 0 Å². The molecule has 2 N–H and O–H groups in total. The van der Waals surface area contributed by atoms with Crippen LogP contribution in [0.3, 0.4) is 0 Å². The van der Waals surface area contributed by atoms with E-state index in [9.17, 15) is 0 Å². The van der Waals surface area contributed by atoms with Crippen LogP contribution in [-0.2, 0) is 12.8 Å². The lowest BCUT2D eigenvalue weighted by Crippen LogP contribution is -2.42. The average Bonchev–Trinajstić information content (AvgIpc) is 2.77. The molecule has 1 aromatic rings. The summed E-state index contributed by atoms with van der Waals surface area (Å²) in [6.45, 7) is 9.49. The van der Waals surface area contributed by atoms with Crippen LogP contribution < -0.4 is 10.6 Å². The summed E-state index contributed by atoms with van der Waals surface area (Å²) in [4.78, 5) is 10.2. The van der Waals surface area contributed by atoms with Crippen LogP contribution in [0.1, 0.15) is 42.8 Å². The Labute approximate surface area is 143 Å². The summed E-state index contributed by atoms with van der Waals surface area (Å²) in [6, 6.07) is 0.444. The standard InChI is InChI=1S/C14H26N4S.HI/c1-6-10(3)17-14(15-5)16-9-8-13-18-12(7-2)11(4)19-13;/h10H,6-9H2,1-5H3,(H2,15,16,17);1H. The maximum atomic E-state index is 4.65. The van der Waals surface area contributed by atoms with Gasteiger partial charge in [-0.1, -0.05) is 13.8 Å². The smallest absolute Gasteiger partial charge is 0.191 e. The summed E-state index contributed by atoms with van der Waals surface area (Å²) in [5.41, 5.74) is 1.24. The number of aliphatic imine (C=N–C) groups is 1. The molecule has 0 aliphatic heterocycles. The summed E-state index contributed by atoms with van der Waals surface area (Å²) in [5.74, 6) is 0.873. The second kappa shape index (κ2) is 10.4. The first-order valence-corrected chi connectivity index (χ1v) is 7.84. The summed E-state index contributed by atoms with van der Waals surface area (Å²) in [5, 5.41) is 7.90. The van der Waals surface area contributed by atoms with Crippen LogP contribution in [0.25, 0.3) is 0 Å². The molecule has 1 unspecified atom stereocenters. The molecule has 20 heavy (non-hydrogen) atoms. The Morgan fingerprint density at radius 2 is 2.10 bits per heavy atom. The molecule has 0 spiro atoms. The quantitative estimate of drug-likeness (QED) is 0.431. The third-order valence-corrected chi connectivity index (χ3v) is 4.20. The molecule has 6 heteroatoms. The highest BCUT2D eigenvalue weighted by atomic mass is 127. The number of aryl methyl sites for hydroxylation is 2. The first kappa shape index (κ1) is 19.6. The molecule has 1 rings (SSSR count). The van der Waals surface area contributed by atoms with Gasteiger partial charge in [0.25, 0.3) is 0 Å². The summed E-state index contributed by atoms with van der Waals surface area (Å²) in [7, 11) is 1.81. The topological polar surface area (TPSA) is 49.3 Å². The number of rotatable bonds is 6. The zero-order valence-electron chi connectivity index (χ0n) is 13.1. The van der Waals surface area contributed by atoms with Crippen LogP contribution in [0, 0.1) is 6.92 Å². The average molecular weight is 410 g/mol. The molecule has 0 aromatic carbocycles. The summed E-state index contributed by atoms with van der Waals surface area (Å²) >= 11 is 1.81. The second-order valence-electron chi connectivity index (χ2n) is 4.67. The van der Waals surface area contributed by atoms with Crippen molar-refractivity contribution in [2.75, 3.05) is 13.6 Å². The van der Waals surface area contributed by atoms with E-state index in [0.29, 0.717) is 6.04 Å². The zero-order chi connectivity index (χ0) is 14.3. The largest absolute Gasteiger partial charge is 0.356 e. The molecule has 1 heterocycles. The van der Waals surface area contributed by atoms with Crippen molar-refractivity contribution in [2.24, 2.45) is 4.99 Å². The van der Waals surface area contributed by atoms with Crippen molar-refractivity contribution in [3.05, 3.63) is 15.6 Å². The molecule has 1 atom stereocenters. The van der Waals surface area contributed by atoms with Crippen molar-refractivity contribution >= 4 is 41.3 Å². The molecular weight excluding hydrogens is 383 g/mol. The van der Waals surface area contributed by atoms with Crippen molar-refractivity contribution in [3.63, 3.8) is 0 Å². The van der Waals surface area contributed by atoms with Crippen molar-refractivity contribution in [3.8, 4) is 0 Å². The molecule has 116 valence electrons. The first-order valence-electron chi connectivity index (χ1n) is 7.03. The lowest BCUT2D eigenvalue weighted by atomic mass is 10.3. The molecule has 0 saturated carbocycles. The number of nitrogens with zero attached hydrogens (tertiary/aromatic N) is 2. The van der Waals surface area contributed by atoms with Gasteiger partial charge in [-0.3, -0.25) is 4.99 Å². The van der Waals surface area contributed by atoms with E-state index in [1.54, 1.807) is 18.4 Å². The van der Waals surface area contributed by atoms with Gasteiger partial charge in [-0.2, -0.15) is 0 Å². The van der Waals surface area contributed by atoms with Crippen LogP contribution in [0.5, 0.6) is 0 Å². The fourth-order valence-corrected chi connectivity index (χ4v) is 2.76. The van der Waals surface area contributed by atoms with Crippen LogP contribution in [0.4, 0.5) is 0 Å². The molecule has 1 aromatic heterocycles. The van der Waals surface area contributed by atoms with Gasteiger partial charge in [-0.15, -0.1) is 35.3 Å². The van der Waals surface area contributed by atoms with Gasteiger partial charge < -0.3 is 10.6 Å². The van der Waals surface area contributed by atoms with E-state index in [4.69, 9.17) is 0 Å². The zero-order valence-corrected chi connectivity index (χ0v) is 16.3. The number of hydrogen-bond acceptors (Lipinski definition) is 3.